The summed E-state index contributed by atoms with van der Waals surface area (Å²) < 4.78 is 7.32. The topological polar surface area (TPSA) is 65.4 Å². The Labute approximate surface area is 123 Å². The number of aliphatic imine (C=N–C) groups is 1. The van der Waals surface area contributed by atoms with Crippen LogP contribution < -0.4 is 5.73 Å². The molecule has 1 aliphatic heterocycles. The van der Waals surface area contributed by atoms with Crippen LogP contribution in [0.5, 0.6) is 0 Å². The van der Waals surface area contributed by atoms with Gasteiger partial charge in [0.05, 0.1) is 5.69 Å². The molecule has 2 aromatic rings. The highest BCUT2D eigenvalue weighted by Gasteiger charge is 2.39. The van der Waals surface area contributed by atoms with Crippen molar-refractivity contribution >= 4 is 6.02 Å². The zero-order valence-electron chi connectivity index (χ0n) is 12.0. The molecule has 0 radical (unpaired) electrons. The Morgan fingerprint density at radius 2 is 2.24 bits per heavy atom. The minimum Gasteiger partial charge on any atom is -0.463 e. The van der Waals surface area contributed by atoms with E-state index in [9.17, 15) is 0 Å². The molecule has 108 valence electrons. The highest BCUT2D eigenvalue weighted by molar-refractivity contribution is 5.74. The van der Waals surface area contributed by atoms with Crippen molar-refractivity contribution < 1.29 is 4.74 Å². The molecule has 2 aliphatic rings. The molecule has 2 heterocycles. The van der Waals surface area contributed by atoms with Crippen LogP contribution >= 0.6 is 0 Å². The van der Waals surface area contributed by atoms with Crippen LogP contribution in [0.15, 0.2) is 35.5 Å². The third-order valence-electron chi connectivity index (χ3n) is 4.57. The molecule has 0 bridgehead atoms. The van der Waals surface area contributed by atoms with Crippen LogP contribution in [-0.4, -0.2) is 27.9 Å². The Hall–Kier alpha value is -2.30. The predicted octanol–water partition coefficient (Wildman–Crippen LogP) is 1.66. The monoisotopic (exact) mass is 282 g/mol. The van der Waals surface area contributed by atoms with Crippen molar-refractivity contribution in [2.75, 3.05) is 6.61 Å². The number of amidine groups is 1. The highest BCUT2D eigenvalue weighted by atomic mass is 16.5. The van der Waals surface area contributed by atoms with Crippen LogP contribution in [0.3, 0.4) is 0 Å². The second kappa shape index (κ2) is 4.35. The van der Waals surface area contributed by atoms with Gasteiger partial charge in [0.25, 0.3) is 6.02 Å². The maximum atomic E-state index is 5.70. The van der Waals surface area contributed by atoms with Crippen molar-refractivity contribution in [3.63, 3.8) is 0 Å². The number of fused-ring (bicyclic) bond motifs is 1. The standard InChI is InChI=1S/C16H18N4O/c1-20-14(6-8-18-20)13-4-2-3-11-9-16(7-5-12(11)13)10-21-15(17)19-16/h2-4,6,8H,5,7,9-10H2,1H3,(H2,17,19)/t16-/m1/s1. The number of ether oxygens (including phenoxy) is 1. The summed E-state index contributed by atoms with van der Waals surface area (Å²) in [6.07, 6.45) is 4.72. The van der Waals surface area contributed by atoms with Crippen LogP contribution in [0.25, 0.3) is 11.3 Å². The number of aromatic nitrogens is 2. The van der Waals surface area contributed by atoms with Gasteiger partial charge in [-0.2, -0.15) is 5.10 Å². The van der Waals surface area contributed by atoms with Gasteiger partial charge in [-0.3, -0.25) is 4.68 Å². The van der Waals surface area contributed by atoms with Gasteiger partial charge in [0, 0.05) is 25.2 Å². The smallest absolute Gasteiger partial charge is 0.282 e. The number of benzene rings is 1. The van der Waals surface area contributed by atoms with Gasteiger partial charge in [0.15, 0.2) is 0 Å². The molecular formula is C16H18N4O. The minimum atomic E-state index is -0.151. The molecular weight excluding hydrogens is 264 g/mol. The summed E-state index contributed by atoms with van der Waals surface area (Å²) in [7, 11) is 1.98. The molecule has 1 atom stereocenters. The molecule has 1 aliphatic carbocycles. The average Bonchev–Trinajstić information content (AvgIpc) is 3.05. The fourth-order valence-electron chi connectivity index (χ4n) is 3.50. The number of aryl methyl sites for hydroxylation is 1. The third kappa shape index (κ3) is 1.92. The fraction of sp³-hybridized carbons (Fsp3) is 0.375. The van der Waals surface area contributed by atoms with Gasteiger partial charge in [0.2, 0.25) is 0 Å². The van der Waals surface area contributed by atoms with Crippen molar-refractivity contribution in [3.05, 3.63) is 41.6 Å². The van der Waals surface area contributed by atoms with Crippen molar-refractivity contribution in [3.8, 4) is 11.3 Å². The number of rotatable bonds is 1. The van der Waals surface area contributed by atoms with Crippen LogP contribution in [-0.2, 0) is 24.6 Å². The number of nitrogens with zero attached hydrogens (tertiary/aromatic N) is 3. The lowest BCUT2D eigenvalue weighted by Gasteiger charge is -2.31. The van der Waals surface area contributed by atoms with Crippen molar-refractivity contribution in [1.82, 2.24) is 9.78 Å². The molecule has 21 heavy (non-hydrogen) atoms. The van der Waals surface area contributed by atoms with Gasteiger partial charge >= 0.3 is 0 Å². The van der Waals surface area contributed by atoms with E-state index in [0.717, 1.165) is 25.0 Å². The average molecular weight is 282 g/mol. The largest absolute Gasteiger partial charge is 0.463 e. The molecule has 5 heteroatoms. The Kier molecular flexibility index (Phi) is 2.58. The van der Waals surface area contributed by atoms with E-state index in [0.29, 0.717) is 12.6 Å². The Balaban J connectivity index is 1.77. The first-order chi connectivity index (χ1) is 10.2. The maximum Gasteiger partial charge on any atom is 0.282 e. The Bertz CT molecular complexity index is 734. The second-order valence-corrected chi connectivity index (χ2v) is 5.92. The highest BCUT2D eigenvalue weighted by Crippen LogP contribution is 2.38. The lowest BCUT2D eigenvalue weighted by Crippen LogP contribution is -2.35. The molecule has 4 rings (SSSR count). The van der Waals surface area contributed by atoms with Crippen molar-refractivity contribution in [1.29, 1.82) is 0 Å². The van der Waals surface area contributed by atoms with E-state index in [1.54, 1.807) is 0 Å². The molecule has 0 saturated carbocycles. The summed E-state index contributed by atoms with van der Waals surface area (Å²) >= 11 is 0. The molecule has 0 fully saturated rings. The van der Waals surface area contributed by atoms with E-state index in [1.807, 2.05) is 17.9 Å². The minimum absolute atomic E-state index is 0.151. The lowest BCUT2D eigenvalue weighted by atomic mass is 9.77. The summed E-state index contributed by atoms with van der Waals surface area (Å²) in [6.45, 7) is 0.605. The second-order valence-electron chi connectivity index (χ2n) is 5.92. The first kappa shape index (κ1) is 12.4. The fourth-order valence-corrected chi connectivity index (χ4v) is 3.50. The molecule has 0 unspecified atom stereocenters. The van der Waals surface area contributed by atoms with Crippen LogP contribution in [0.2, 0.25) is 0 Å². The first-order valence-corrected chi connectivity index (χ1v) is 7.24. The van der Waals surface area contributed by atoms with Gasteiger partial charge in [0.1, 0.15) is 12.1 Å². The normalized spacial score (nSPS) is 23.8. The van der Waals surface area contributed by atoms with E-state index >= 15 is 0 Å². The molecule has 5 nitrogen and oxygen atoms in total. The SMILES string of the molecule is Cn1nccc1-c1cccc2c1CC[C@]1(COC(N)=N1)C2. The van der Waals surface area contributed by atoms with E-state index in [1.165, 1.54) is 16.7 Å². The van der Waals surface area contributed by atoms with Crippen LogP contribution in [0, 0.1) is 0 Å². The van der Waals surface area contributed by atoms with Gasteiger partial charge in [-0.1, -0.05) is 18.2 Å². The molecule has 0 saturated heterocycles. The lowest BCUT2D eigenvalue weighted by molar-refractivity contribution is 0.235. The van der Waals surface area contributed by atoms with E-state index < -0.39 is 0 Å². The van der Waals surface area contributed by atoms with Gasteiger partial charge in [-0.05, 0) is 30.0 Å². The maximum absolute atomic E-state index is 5.70. The van der Waals surface area contributed by atoms with Gasteiger partial charge in [-0.25, -0.2) is 4.99 Å². The zero-order chi connectivity index (χ0) is 14.4. The summed E-state index contributed by atoms with van der Waals surface area (Å²) in [5, 5.41) is 4.28. The zero-order valence-corrected chi connectivity index (χ0v) is 12.0. The van der Waals surface area contributed by atoms with Crippen LogP contribution in [0.1, 0.15) is 17.5 Å². The Morgan fingerprint density at radius 3 is 2.95 bits per heavy atom. The molecule has 1 aromatic heterocycles. The van der Waals surface area contributed by atoms with Crippen molar-refractivity contribution in [2.24, 2.45) is 17.8 Å². The first-order valence-electron chi connectivity index (χ1n) is 7.24. The summed E-state index contributed by atoms with van der Waals surface area (Å²) in [4.78, 5) is 4.54. The van der Waals surface area contributed by atoms with E-state index in [-0.39, 0.29) is 5.54 Å². The number of nitrogens with two attached hydrogens (primary N) is 1. The van der Waals surface area contributed by atoms with Crippen LogP contribution in [0.4, 0.5) is 0 Å². The van der Waals surface area contributed by atoms with E-state index in [4.69, 9.17) is 10.5 Å². The van der Waals surface area contributed by atoms with Gasteiger partial charge in [-0.15, -0.1) is 0 Å². The third-order valence-corrected chi connectivity index (χ3v) is 4.57. The van der Waals surface area contributed by atoms with E-state index in [2.05, 4.69) is 34.4 Å². The molecule has 1 aromatic carbocycles. The number of hydrogen-bond acceptors (Lipinski definition) is 4. The molecule has 1 spiro atoms. The number of hydrogen-bond donors (Lipinski definition) is 1. The van der Waals surface area contributed by atoms with Gasteiger partial charge < -0.3 is 10.5 Å². The quantitative estimate of drug-likeness (QED) is 0.865. The summed E-state index contributed by atoms with van der Waals surface area (Å²) in [5.41, 5.74) is 10.7. The molecule has 2 N–H and O–H groups in total. The molecule has 0 amide bonds. The summed E-state index contributed by atoms with van der Waals surface area (Å²) in [6, 6.07) is 8.88. The Morgan fingerprint density at radius 1 is 1.33 bits per heavy atom. The van der Waals surface area contributed by atoms with Crippen molar-refractivity contribution in [2.45, 2.75) is 24.8 Å². The summed E-state index contributed by atoms with van der Waals surface area (Å²) in [5.74, 6) is 0. The predicted molar refractivity (Wildman–Crippen MR) is 81.0 cm³/mol.